The molecule has 0 aliphatic heterocycles. The van der Waals surface area contributed by atoms with Crippen molar-refractivity contribution in [1.82, 2.24) is 5.32 Å². The maximum atomic E-state index is 11.6. The van der Waals surface area contributed by atoms with Crippen molar-refractivity contribution in [2.75, 3.05) is 12.8 Å². The summed E-state index contributed by atoms with van der Waals surface area (Å²) in [5, 5.41) is 12.6. The highest BCUT2D eigenvalue weighted by Gasteiger charge is 2.12. The van der Waals surface area contributed by atoms with Gasteiger partial charge in [-0.3, -0.25) is 4.79 Å². The highest BCUT2D eigenvalue weighted by atomic mass is 32.2. The molecular formula is C14H15NO3S. The fourth-order valence-corrected chi connectivity index (χ4v) is 2.04. The summed E-state index contributed by atoms with van der Waals surface area (Å²) >= 11 is 1.64. The Balaban J connectivity index is 1.90. The number of carbonyl (C=O) groups is 1. The molecule has 0 fully saturated rings. The molecule has 2 N–H and O–H groups in total. The summed E-state index contributed by atoms with van der Waals surface area (Å²) in [7, 11) is 0. The molecule has 1 aromatic heterocycles. The second-order valence-electron chi connectivity index (χ2n) is 3.98. The highest BCUT2D eigenvalue weighted by Crippen LogP contribution is 2.18. The zero-order valence-corrected chi connectivity index (χ0v) is 11.3. The van der Waals surface area contributed by atoms with Crippen LogP contribution in [0.4, 0.5) is 0 Å². The summed E-state index contributed by atoms with van der Waals surface area (Å²) < 4.78 is 4.97. The summed E-state index contributed by atoms with van der Waals surface area (Å²) in [6, 6.07) is 10.8. The molecule has 1 amide bonds. The van der Waals surface area contributed by atoms with E-state index in [1.807, 2.05) is 30.5 Å². The van der Waals surface area contributed by atoms with Gasteiger partial charge in [0.1, 0.15) is 0 Å². The first-order chi connectivity index (χ1) is 9.20. The molecule has 2 aromatic rings. The normalized spacial score (nSPS) is 12.1. The Hall–Kier alpha value is -1.72. The Bertz CT molecular complexity index is 522. The molecule has 100 valence electrons. The maximum absolute atomic E-state index is 11.6. The van der Waals surface area contributed by atoms with Crippen LogP contribution >= 0.6 is 11.8 Å². The monoisotopic (exact) mass is 277 g/mol. The van der Waals surface area contributed by atoms with Crippen LogP contribution in [0.3, 0.4) is 0 Å². The van der Waals surface area contributed by atoms with Crippen molar-refractivity contribution in [2.45, 2.75) is 11.0 Å². The van der Waals surface area contributed by atoms with Crippen LogP contribution < -0.4 is 5.32 Å². The number of hydrogen-bond donors (Lipinski definition) is 2. The molecule has 4 nitrogen and oxygen atoms in total. The number of hydrogen-bond acceptors (Lipinski definition) is 4. The highest BCUT2D eigenvalue weighted by molar-refractivity contribution is 7.98. The summed E-state index contributed by atoms with van der Waals surface area (Å²) in [5.41, 5.74) is 0.776. The molecule has 1 aromatic carbocycles. The third-order valence-corrected chi connectivity index (χ3v) is 3.45. The van der Waals surface area contributed by atoms with Crippen LogP contribution in [-0.2, 0) is 0 Å². The predicted molar refractivity (Wildman–Crippen MR) is 74.2 cm³/mol. The maximum Gasteiger partial charge on any atom is 0.287 e. The fourth-order valence-electron chi connectivity index (χ4n) is 1.63. The molecule has 0 bridgehead atoms. The Morgan fingerprint density at radius 2 is 2.11 bits per heavy atom. The summed E-state index contributed by atoms with van der Waals surface area (Å²) in [6.45, 7) is 0.151. The molecule has 0 aliphatic carbocycles. The summed E-state index contributed by atoms with van der Waals surface area (Å²) in [5.74, 6) is -0.0882. The van der Waals surface area contributed by atoms with E-state index in [9.17, 15) is 9.90 Å². The summed E-state index contributed by atoms with van der Waals surface area (Å²) in [4.78, 5) is 12.8. The Morgan fingerprint density at radius 3 is 2.68 bits per heavy atom. The predicted octanol–water partition coefficient (Wildman–Crippen LogP) is 2.46. The largest absolute Gasteiger partial charge is 0.459 e. The van der Waals surface area contributed by atoms with Crippen molar-refractivity contribution in [3.63, 3.8) is 0 Å². The van der Waals surface area contributed by atoms with E-state index in [2.05, 4.69) is 5.32 Å². The molecule has 0 aliphatic rings. The zero-order chi connectivity index (χ0) is 13.7. The number of amides is 1. The Morgan fingerprint density at radius 1 is 1.37 bits per heavy atom. The van der Waals surface area contributed by atoms with Crippen LogP contribution in [0.15, 0.2) is 52.0 Å². The van der Waals surface area contributed by atoms with E-state index in [0.29, 0.717) is 0 Å². The van der Waals surface area contributed by atoms with Gasteiger partial charge in [-0.2, -0.15) is 0 Å². The van der Waals surface area contributed by atoms with Crippen molar-refractivity contribution in [2.24, 2.45) is 0 Å². The second kappa shape index (κ2) is 6.45. The number of aliphatic hydroxyl groups is 1. The molecule has 1 heterocycles. The minimum absolute atomic E-state index is 0.151. The van der Waals surface area contributed by atoms with Gasteiger partial charge in [-0.1, -0.05) is 12.1 Å². The average Bonchev–Trinajstić information content (AvgIpc) is 2.98. The Kier molecular flexibility index (Phi) is 4.65. The molecule has 19 heavy (non-hydrogen) atoms. The van der Waals surface area contributed by atoms with Gasteiger partial charge in [0, 0.05) is 11.4 Å². The van der Waals surface area contributed by atoms with E-state index in [1.54, 1.807) is 23.9 Å². The van der Waals surface area contributed by atoms with Gasteiger partial charge in [-0.15, -0.1) is 11.8 Å². The van der Waals surface area contributed by atoms with Gasteiger partial charge in [0.15, 0.2) is 5.76 Å². The van der Waals surface area contributed by atoms with Crippen LogP contribution in [0.5, 0.6) is 0 Å². The molecular weight excluding hydrogens is 262 g/mol. The van der Waals surface area contributed by atoms with E-state index in [0.717, 1.165) is 10.5 Å². The van der Waals surface area contributed by atoms with Crippen molar-refractivity contribution >= 4 is 17.7 Å². The zero-order valence-electron chi connectivity index (χ0n) is 10.5. The molecule has 0 saturated carbocycles. The SMILES string of the molecule is CSc1ccc([C@@H](O)CNC(=O)c2ccco2)cc1. The topological polar surface area (TPSA) is 62.5 Å². The number of furan rings is 1. The number of thioether (sulfide) groups is 1. The smallest absolute Gasteiger partial charge is 0.287 e. The van der Waals surface area contributed by atoms with Crippen LogP contribution in [0, 0.1) is 0 Å². The van der Waals surface area contributed by atoms with E-state index in [-0.39, 0.29) is 18.2 Å². The standard InChI is InChI=1S/C14H15NO3S/c1-19-11-6-4-10(5-7-11)12(16)9-15-14(17)13-3-2-8-18-13/h2-8,12,16H,9H2,1H3,(H,15,17)/t12-/m0/s1. The minimum atomic E-state index is -0.727. The van der Waals surface area contributed by atoms with E-state index in [1.165, 1.54) is 6.26 Å². The van der Waals surface area contributed by atoms with E-state index < -0.39 is 6.10 Å². The number of benzene rings is 1. The van der Waals surface area contributed by atoms with Gasteiger partial charge < -0.3 is 14.8 Å². The number of nitrogens with one attached hydrogen (secondary N) is 1. The third-order valence-electron chi connectivity index (χ3n) is 2.70. The minimum Gasteiger partial charge on any atom is -0.459 e. The Labute approximate surface area is 115 Å². The van der Waals surface area contributed by atoms with Crippen LogP contribution in [0.25, 0.3) is 0 Å². The lowest BCUT2D eigenvalue weighted by Gasteiger charge is -2.12. The van der Waals surface area contributed by atoms with Gasteiger partial charge in [-0.25, -0.2) is 0 Å². The molecule has 0 spiro atoms. The number of carbonyl (C=O) groups excluding carboxylic acids is 1. The lowest BCUT2D eigenvalue weighted by molar-refractivity contribution is 0.0889. The first-order valence-electron chi connectivity index (χ1n) is 5.84. The molecule has 0 radical (unpaired) electrons. The third kappa shape index (κ3) is 3.62. The first-order valence-corrected chi connectivity index (χ1v) is 7.07. The lowest BCUT2D eigenvalue weighted by atomic mass is 10.1. The quantitative estimate of drug-likeness (QED) is 0.824. The average molecular weight is 277 g/mol. The van der Waals surface area contributed by atoms with Gasteiger partial charge in [0.2, 0.25) is 0 Å². The van der Waals surface area contributed by atoms with Crippen molar-refractivity contribution in [1.29, 1.82) is 0 Å². The van der Waals surface area contributed by atoms with Crippen LogP contribution in [0.2, 0.25) is 0 Å². The van der Waals surface area contributed by atoms with Crippen LogP contribution in [-0.4, -0.2) is 23.8 Å². The first kappa shape index (κ1) is 13.7. The van der Waals surface area contributed by atoms with Gasteiger partial charge in [0.25, 0.3) is 5.91 Å². The van der Waals surface area contributed by atoms with Gasteiger partial charge in [0.05, 0.1) is 12.4 Å². The molecule has 0 unspecified atom stereocenters. The molecule has 1 atom stereocenters. The van der Waals surface area contributed by atoms with Crippen molar-refractivity contribution < 1.29 is 14.3 Å². The lowest BCUT2D eigenvalue weighted by Crippen LogP contribution is -2.28. The second-order valence-corrected chi connectivity index (χ2v) is 4.86. The number of rotatable bonds is 5. The van der Waals surface area contributed by atoms with Gasteiger partial charge in [-0.05, 0) is 36.1 Å². The summed E-state index contributed by atoms with van der Waals surface area (Å²) in [6.07, 6.45) is 2.71. The van der Waals surface area contributed by atoms with Crippen molar-refractivity contribution in [3.8, 4) is 0 Å². The van der Waals surface area contributed by atoms with E-state index >= 15 is 0 Å². The fraction of sp³-hybridized carbons (Fsp3) is 0.214. The van der Waals surface area contributed by atoms with Gasteiger partial charge >= 0.3 is 0 Å². The molecule has 2 rings (SSSR count). The molecule has 0 saturated heterocycles. The molecule has 5 heteroatoms. The van der Waals surface area contributed by atoms with Crippen LogP contribution in [0.1, 0.15) is 22.2 Å². The van der Waals surface area contributed by atoms with E-state index in [4.69, 9.17) is 4.42 Å². The van der Waals surface area contributed by atoms with Crippen molar-refractivity contribution in [3.05, 3.63) is 54.0 Å². The number of aliphatic hydroxyl groups excluding tert-OH is 1.